The molecule has 0 heterocycles. The number of rotatable bonds is 4. The Balaban J connectivity index is 2.34. The first-order valence-corrected chi connectivity index (χ1v) is 6.44. The van der Waals surface area contributed by atoms with Gasteiger partial charge in [0.2, 0.25) is 5.91 Å². The molecule has 0 radical (unpaired) electrons. The van der Waals surface area contributed by atoms with E-state index in [1.807, 2.05) is 43.3 Å². The van der Waals surface area contributed by atoms with E-state index in [1.165, 1.54) is 6.92 Å². The van der Waals surface area contributed by atoms with Crippen molar-refractivity contribution in [2.24, 2.45) is 5.73 Å². The zero-order chi connectivity index (χ0) is 14.5. The van der Waals surface area contributed by atoms with Gasteiger partial charge < -0.3 is 15.8 Å². The van der Waals surface area contributed by atoms with Gasteiger partial charge in [-0.15, -0.1) is 0 Å². The molecule has 0 saturated carbocycles. The van der Waals surface area contributed by atoms with Crippen molar-refractivity contribution in [2.75, 3.05) is 5.32 Å². The topological polar surface area (TPSA) is 64.3 Å². The maximum Gasteiger partial charge on any atom is 0.221 e. The van der Waals surface area contributed by atoms with Crippen LogP contribution in [-0.4, -0.2) is 5.91 Å². The minimum Gasteiger partial charge on any atom is -0.455 e. The van der Waals surface area contributed by atoms with Gasteiger partial charge in [-0.05, 0) is 30.7 Å². The van der Waals surface area contributed by atoms with Crippen LogP contribution in [-0.2, 0) is 11.3 Å². The Morgan fingerprint density at radius 1 is 1.20 bits per heavy atom. The molecule has 2 rings (SSSR count). The highest BCUT2D eigenvalue weighted by Gasteiger charge is 2.08. The molecule has 0 unspecified atom stereocenters. The molecular formula is C16H18N2O2. The van der Waals surface area contributed by atoms with Crippen LogP contribution in [0.3, 0.4) is 0 Å². The summed E-state index contributed by atoms with van der Waals surface area (Å²) in [5.74, 6) is 1.18. The van der Waals surface area contributed by atoms with Crippen molar-refractivity contribution >= 4 is 11.6 Å². The molecule has 3 N–H and O–H groups in total. The Labute approximate surface area is 118 Å². The summed E-state index contributed by atoms with van der Waals surface area (Å²) in [7, 11) is 0. The summed E-state index contributed by atoms with van der Waals surface area (Å²) in [5.41, 5.74) is 8.38. The van der Waals surface area contributed by atoms with E-state index in [0.717, 1.165) is 11.1 Å². The largest absolute Gasteiger partial charge is 0.455 e. The van der Waals surface area contributed by atoms with Gasteiger partial charge in [0.25, 0.3) is 0 Å². The van der Waals surface area contributed by atoms with Gasteiger partial charge in [-0.3, -0.25) is 4.79 Å². The molecule has 0 fully saturated rings. The average molecular weight is 270 g/mol. The van der Waals surface area contributed by atoms with Gasteiger partial charge in [0.05, 0.1) is 5.69 Å². The van der Waals surface area contributed by atoms with E-state index in [0.29, 0.717) is 23.7 Å². The minimum atomic E-state index is -0.135. The van der Waals surface area contributed by atoms with E-state index in [1.54, 1.807) is 6.07 Å². The number of amides is 1. The van der Waals surface area contributed by atoms with Crippen molar-refractivity contribution in [1.29, 1.82) is 0 Å². The lowest BCUT2D eigenvalue weighted by atomic mass is 10.1. The molecule has 2 aromatic carbocycles. The lowest BCUT2D eigenvalue weighted by molar-refractivity contribution is -0.114. The Hall–Kier alpha value is -2.33. The van der Waals surface area contributed by atoms with Crippen molar-refractivity contribution in [1.82, 2.24) is 0 Å². The second kappa shape index (κ2) is 6.21. The predicted molar refractivity (Wildman–Crippen MR) is 79.9 cm³/mol. The van der Waals surface area contributed by atoms with E-state index >= 15 is 0 Å². The molecule has 1 amide bonds. The number of carbonyl (C=O) groups is 1. The Morgan fingerprint density at radius 2 is 1.95 bits per heavy atom. The second-order valence-corrected chi connectivity index (χ2v) is 4.59. The number of hydrogen-bond acceptors (Lipinski definition) is 3. The summed E-state index contributed by atoms with van der Waals surface area (Å²) in [6, 6.07) is 13.2. The normalized spacial score (nSPS) is 10.2. The Bertz CT molecular complexity index is 624. The van der Waals surface area contributed by atoms with Crippen molar-refractivity contribution in [3.05, 3.63) is 53.6 Å². The number of anilines is 1. The molecule has 4 nitrogen and oxygen atoms in total. The van der Waals surface area contributed by atoms with Crippen LogP contribution in [0, 0.1) is 6.92 Å². The number of nitrogens with one attached hydrogen (secondary N) is 1. The predicted octanol–water partition coefficient (Wildman–Crippen LogP) is 3.20. The van der Waals surface area contributed by atoms with Gasteiger partial charge in [-0.2, -0.15) is 0 Å². The molecule has 104 valence electrons. The van der Waals surface area contributed by atoms with Gasteiger partial charge in [0.1, 0.15) is 5.75 Å². The van der Waals surface area contributed by atoms with Crippen molar-refractivity contribution in [3.8, 4) is 11.5 Å². The third-order valence-electron chi connectivity index (χ3n) is 2.86. The quantitative estimate of drug-likeness (QED) is 0.896. The molecule has 0 aliphatic heterocycles. The van der Waals surface area contributed by atoms with Gasteiger partial charge in [0.15, 0.2) is 5.75 Å². The van der Waals surface area contributed by atoms with Gasteiger partial charge in [0, 0.05) is 19.0 Å². The maximum absolute atomic E-state index is 11.2. The summed E-state index contributed by atoms with van der Waals surface area (Å²) in [6.45, 7) is 3.86. The first-order chi connectivity index (χ1) is 9.60. The number of para-hydroxylation sites is 2. The summed E-state index contributed by atoms with van der Waals surface area (Å²) in [4.78, 5) is 11.2. The number of hydrogen-bond donors (Lipinski definition) is 2. The Kier molecular flexibility index (Phi) is 4.38. The molecular weight excluding hydrogens is 252 g/mol. The number of benzene rings is 2. The Morgan fingerprint density at radius 3 is 2.65 bits per heavy atom. The third-order valence-corrected chi connectivity index (χ3v) is 2.86. The zero-order valence-electron chi connectivity index (χ0n) is 11.6. The van der Waals surface area contributed by atoms with E-state index in [4.69, 9.17) is 10.5 Å². The van der Waals surface area contributed by atoms with Crippen LogP contribution in [0.1, 0.15) is 18.1 Å². The fourth-order valence-electron chi connectivity index (χ4n) is 1.89. The maximum atomic E-state index is 11.2. The van der Waals surface area contributed by atoms with Crippen LogP contribution < -0.4 is 15.8 Å². The van der Waals surface area contributed by atoms with E-state index in [2.05, 4.69) is 5.32 Å². The van der Waals surface area contributed by atoms with Crippen LogP contribution in [0.15, 0.2) is 42.5 Å². The number of ether oxygens (including phenoxy) is 1. The highest BCUT2D eigenvalue weighted by Crippen LogP contribution is 2.31. The highest BCUT2D eigenvalue weighted by molar-refractivity contribution is 5.90. The first kappa shape index (κ1) is 14.1. The SMILES string of the molecule is CC(=O)Nc1ccccc1Oc1cc(C)ccc1CN. The van der Waals surface area contributed by atoms with Gasteiger partial charge >= 0.3 is 0 Å². The summed E-state index contributed by atoms with van der Waals surface area (Å²) < 4.78 is 5.92. The van der Waals surface area contributed by atoms with Gasteiger partial charge in [-0.25, -0.2) is 0 Å². The summed E-state index contributed by atoms with van der Waals surface area (Å²) >= 11 is 0. The fraction of sp³-hybridized carbons (Fsp3) is 0.188. The minimum absolute atomic E-state index is 0.135. The van der Waals surface area contributed by atoms with Crippen LogP contribution in [0.2, 0.25) is 0 Å². The second-order valence-electron chi connectivity index (χ2n) is 4.59. The standard InChI is InChI=1S/C16H18N2O2/c1-11-7-8-13(10-17)16(9-11)20-15-6-4-3-5-14(15)18-12(2)19/h3-9H,10,17H2,1-2H3,(H,18,19). The molecule has 20 heavy (non-hydrogen) atoms. The van der Waals surface area contributed by atoms with Crippen LogP contribution in [0.4, 0.5) is 5.69 Å². The number of aryl methyl sites for hydroxylation is 1. The highest BCUT2D eigenvalue weighted by atomic mass is 16.5. The lowest BCUT2D eigenvalue weighted by Gasteiger charge is -2.14. The van der Waals surface area contributed by atoms with Crippen molar-refractivity contribution in [3.63, 3.8) is 0 Å². The monoisotopic (exact) mass is 270 g/mol. The molecule has 0 saturated heterocycles. The molecule has 2 aromatic rings. The average Bonchev–Trinajstić information content (AvgIpc) is 2.41. The smallest absolute Gasteiger partial charge is 0.221 e. The van der Waals surface area contributed by atoms with Crippen molar-refractivity contribution in [2.45, 2.75) is 20.4 Å². The van der Waals surface area contributed by atoms with E-state index in [-0.39, 0.29) is 5.91 Å². The molecule has 0 spiro atoms. The molecule has 4 heteroatoms. The summed E-state index contributed by atoms with van der Waals surface area (Å²) in [6.07, 6.45) is 0. The lowest BCUT2D eigenvalue weighted by Crippen LogP contribution is -2.07. The fourth-order valence-corrected chi connectivity index (χ4v) is 1.89. The summed E-state index contributed by atoms with van der Waals surface area (Å²) in [5, 5.41) is 2.75. The molecule has 0 aliphatic carbocycles. The first-order valence-electron chi connectivity index (χ1n) is 6.44. The van der Waals surface area contributed by atoms with Crippen molar-refractivity contribution < 1.29 is 9.53 Å². The van der Waals surface area contributed by atoms with Crippen LogP contribution >= 0.6 is 0 Å². The van der Waals surface area contributed by atoms with Crippen LogP contribution in [0.5, 0.6) is 11.5 Å². The molecule has 0 aromatic heterocycles. The van der Waals surface area contributed by atoms with Gasteiger partial charge in [-0.1, -0.05) is 24.3 Å². The number of nitrogens with two attached hydrogens (primary N) is 1. The molecule has 0 bridgehead atoms. The zero-order valence-corrected chi connectivity index (χ0v) is 11.6. The molecule has 0 atom stereocenters. The van der Waals surface area contributed by atoms with E-state index < -0.39 is 0 Å². The number of carbonyl (C=O) groups excluding carboxylic acids is 1. The third kappa shape index (κ3) is 3.36. The molecule has 0 aliphatic rings. The van der Waals surface area contributed by atoms with Crippen LogP contribution in [0.25, 0.3) is 0 Å². The van der Waals surface area contributed by atoms with E-state index in [9.17, 15) is 4.79 Å².